The van der Waals surface area contributed by atoms with Crippen LogP contribution in [0.25, 0.3) is 0 Å². The second kappa shape index (κ2) is 7.59. The molecule has 0 spiro atoms. The lowest BCUT2D eigenvalue weighted by Gasteiger charge is -2.07. The number of hydrogen-bond acceptors (Lipinski definition) is 2. The van der Waals surface area contributed by atoms with E-state index in [1.54, 1.807) is 7.11 Å². The third-order valence-corrected chi connectivity index (χ3v) is 1.47. The molecule has 0 saturated heterocycles. The van der Waals surface area contributed by atoms with Crippen LogP contribution in [-0.4, -0.2) is 24.9 Å². The fraction of sp³-hybridized carbons (Fsp3) is 0.778. The molecule has 2 heteroatoms. The van der Waals surface area contributed by atoms with Gasteiger partial charge in [-0.1, -0.05) is 0 Å². The standard InChI is InChI=1S/C9H16O2/c1-3-4-5-6-7-9(10)8-11-2/h1,9-10H,4-8H2,2H3. The number of hydrogen-bond donors (Lipinski definition) is 1. The maximum atomic E-state index is 9.17. The highest BCUT2D eigenvalue weighted by atomic mass is 16.5. The molecule has 0 heterocycles. The van der Waals surface area contributed by atoms with E-state index >= 15 is 0 Å². The molecule has 0 aromatic rings. The Morgan fingerprint density at radius 3 is 2.82 bits per heavy atom. The van der Waals surface area contributed by atoms with E-state index in [0.717, 1.165) is 25.7 Å². The number of aliphatic hydroxyl groups is 1. The van der Waals surface area contributed by atoms with E-state index in [4.69, 9.17) is 11.2 Å². The Kier molecular flexibility index (Phi) is 7.23. The van der Waals surface area contributed by atoms with E-state index in [1.165, 1.54) is 0 Å². The summed E-state index contributed by atoms with van der Waals surface area (Å²) < 4.78 is 4.77. The molecule has 0 saturated carbocycles. The largest absolute Gasteiger partial charge is 0.391 e. The summed E-state index contributed by atoms with van der Waals surface area (Å²) in [4.78, 5) is 0. The molecule has 0 rings (SSSR count). The second-order valence-corrected chi connectivity index (χ2v) is 2.56. The highest BCUT2D eigenvalue weighted by Gasteiger charge is 2.01. The van der Waals surface area contributed by atoms with E-state index < -0.39 is 0 Å². The van der Waals surface area contributed by atoms with E-state index in [9.17, 15) is 5.11 Å². The molecule has 1 unspecified atom stereocenters. The predicted molar refractivity (Wildman–Crippen MR) is 45.2 cm³/mol. The van der Waals surface area contributed by atoms with Crippen molar-refractivity contribution in [2.45, 2.75) is 31.8 Å². The van der Waals surface area contributed by atoms with Crippen LogP contribution in [0.5, 0.6) is 0 Å². The lowest BCUT2D eigenvalue weighted by molar-refractivity contribution is 0.0578. The topological polar surface area (TPSA) is 29.5 Å². The molecule has 0 aromatic carbocycles. The smallest absolute Gasteiger partial charge is 0.0773 e. The van der Waals surface area contributed by atoms with Gasteiger partial charge in [0, 0.05) is 13.5 Å². The van der Waals surface area contributed by atoms with Gasteiger partial charge in [-0.25, -0.2) is 0 Å². The van der Waals surface area contributed by atoms with Gasteiger partial charge in [-0.2, -0.15) is 0 Å². The number of terminal acetylenes is 1. The lowest BCUT2D eigenvalue weighted by Crippen LogP contribution is -2.13. The summed E-state index contributed by atoms with van der Waals surface area (Å²) in [6.07, 6.45) is 8.32. The van der Waals surface area contributed by atoms with Crippen molar-refractivity contribution in [3.05, 3.63) is 0 Å². The normalized spacial score (nSPS) is 12.5. The predicted octanol–water partition coefficient (Wildman–Crippen LogP) is 1.19. The third-order valence-electron chi connectivity index (χ3n) is 1.47. The monoisotopic (exact) mass is 156 g/mol. The molecular formula is C9H16O2. The second-order valence-electron chi connectivity index (χ2n) is 2.56. The number of unbranched alkanes of at least 4 members (excludes halogenated alkanes) is 2. The van der Waals surface area contributed by atoms with Crippen molar-refractivity contribution >= 4 is 0 Å². The average molecular weight is 156 g/mol. The number of ether oxygens (including phenoxy) is 1. The van der Waals surface area contributed by atoms with Crippen LogP contribution in [0, 0.1) is 12.3 Å². The summed E-state index contributed by atoms with van der Waals surface area (Å²) in [5.74, 6) is 2.56. The van der Waals surface area contributed by atoms with Gasteiger partial charge in [-0.15, -0.1) is 12.3 Å². The van der Waals surface area contributed by atoms with Crippen molar-refractivity contribution in [3.63, 3.8) is 0 Å². The van der Waals surface area contributed by atoms with Crippen molar-refractivity contribution in [1.29, 1.82) is 0 Å². The van der Waals surface area contributed by atoms with Crippen molar-refractivity contribution in [2.24, 2.45) is 0 Å². The zero-order valence-corrected chi connectivity index (χ0v) is 7.05. The minimum Gasteiger partial charge on any atom is -0.391 e. The van der Waals surface area contributed by atoms with Gasteiger partial charge in [0.1, 0.15) is 0 Å². The van der Waals surface area contributed by atoms with Gasteiger partial charge < -0.3 is 9.84 Å². The summed E-state index contributed by atoms with van der Waals surface area (Å²) >= 11 is 0. The van der Waals surface area contributed by atoms with Gasteiger partial charge in [-0.05, 0) is 19.3 Å². The van der Waals surface area contributed by atoms with Gasteiger partial charge in [0.25, 0.3) is 0 Å². The van der Waals surface area contributed by atoms with Gasteiger partial charge in [0.2, 0.25) is 0 Å². The minimum atomic E-state index is -0.322. The fourth-order valence-electron chi connectivity index (χ4n) is 0.883. The molecule has 2 nitrogen and oxygen atoms in total. The van der Waals surface area contributed by atoms with Crippen molar-refractivity contribution in [3.8, 4) is 12.3 Å². The Labute approximate surface area is 68.6 Å². The van der Waals surface area contributed by atoms with E-state index in [0.29, 0.717) is 6.61 Å². The van der Waals surface area contributed by atoms with Crippen LogP contribution in [0.3, 0.4) is 0 Å². The van der Waals surface area contributed by atoms with Crippen LogP contribution in [0.1, 0.15) is 25.7 Å². The van der Waals surface area contributed by atoms with Gasteiger partial charge in [0.15, 0.2) is 0 Å². The molecular weight excluding hydrogens is 140 g/mol. The zero-order valence-electron chi connectivity index (χ0n) is 7.05. The molecule has 1 atom stereocenters. The van der Waals surface area contributed by atoms with Crippen LogP contribution in [0.15, 0.2) is 0 Å². The Balaban J connectivity index is 3.05. The molecule has 0 aliphatic rings. The summed E-state index contributed by atoms with van der Waals surface area (Å²) in [5.41, 5.74) is 0. The van der Waals surface area contributed by atoms with Crippen LogP contribution in [-0.2, 0) is 4.74 Å². The maximum Gasteiger partial charge on any atom is 0.0773 e. The van der Waals surface area contributed by atoms with Crippen molar-refractivity contribution < 1.29 is 9.84 Å². The van der Waals surface area contributed by atoms with Crippen molar-refractivity contribution in [1.82, 2.24) is 0 Å². The number of methoxy groups -OCH3 is 1. The minimum absolute atomic E-state index is 0.322. The molecule has 0 bridgehead atoms. The Morgan fingerprint density at radius 2 is 2.27 bits per heavy atom. The van der Waals surface area contributed by atoms with Gasteiger partial charge in [0.05, 0.1) is 12.7 Å². The maximum absolute atomic E-state index is 9.17. The first-order valence-electron chi connectivity index (χ1n) is 3.91. The zero-order chi connectivity index (χ0) is 8.53. The molecule has 0 fully saturated rings. The molecule has 0 aromatic heterocycles. The Bertz CT molecular complexity index is 115. The Hall–Kier alpha value is -0.520. The first-order chi connectivity index (χ1) is 5.31. The average Bonchev–Trinajstić information content (AvgIpc) is 1.99. The Morgan fingerprint density at radius 1 is 1.55 bits per heavy atom. The summed E-state index contributed by atoms with van der Waals surface area (Å²) in [5, 5.41) is 9.17. The lowest BCUT2D eigenvalue weighted by atomic mass is 10.1. The third kappa shape index (κ3) is 7.38. The molecule has 0 radical (unpaired) electrons. The van der Waals surface area contributed by atoms with Gasteiger partial charge in [-0.3, -0.25) is 0 Å². The molecule has 64 valence electrons. The SMILES string of the molecule is C#CCCCCC(O)COC. The van der Waals surface area contributed by atoms with E-state index in [2.05, 4.69) is 5.92 Å². The quantitative estimate of drug-likeness (QED) is 0.462. The fourth-order valence-corrected chi connectivity index (χ4v) is 0.883. The summed E-state index contributed by atoms with van der Waals surface area (Å²) in [6.45, 7) is 0.427. The van der Waals surface area contributed by atoms with Gasteiger partial charge >= 0.3 is 0 Å². The van der Waals surface area contributed by atoms with Crippen molar-refractivity contribution in [2.75, 3.05) is 13.7 Å². The van der Waals surface area contributed by atoms with Crippen LogP contribution in [0.2, 0.25) is 0 Å². The highest BCUT2D eigenvalue weighted by Crippen LogP contribution is 2.02. The van der Waals surface area contributed by atoms with E-state index in [-0.39, 0.29) is 6.10 Å². The van der Waals surface area contributed by atoms with Crippen LogP contribution < -0.4 is 0 Å². The highest BCUT2D eigenvalue weighted by molar-refractivity contribution is 4.82. The summed E-state index contributed by atoms with van der Waals surface area (Å²) in [7, 11) is 1.59. The van der Waals surface area contributed by atoms with Crippen LogP contribution in [0.4, 0.5) is 0 Å². The summed E-state index contributed by atoms with van der Waals surface area (Å²) in [6, 6.07) is 0. The molecule has 0 aliphatic heterocycles. The number of rotatable bonds is 6. The molecule has 11 heavy (non-hydrogen) atoms. The van der Waals surface area contributed by atoms with Crippen LogP contribution >= 0.6 is 0 Å². The molecule has 0 aliphatic carbocycles. The molecule has 1 N–H and O–H groups in total. The molecule has 0 amide bonds. The first kappa shape index (κ1) is 10.5. The number of aliphatic hydroxyl groups excluding tert-OH is 1. The van der Waals surface area contributed by atoms with E-state index in [1.807, 2.05) is 0 Å². The first-order valence-corrected chi connectivity index (χ1v) is 3.91.